The van der Waals surface area contributed by atoms with Crippen molar-refractivity contribution in [1.82, 2.24) is 5.32 Å². The van der Waals surface area contributed by atoms with Crippen LogP contribution in [-0.2, 0) is 16.1 Å². The highest BCUT2D eigenvalue weighted by molar-refractivity contribution is 6.35. The third-order valence-corrected chi connectivity index (χ3v) is 5.42. The Labute approximate surface area is 187 Å². The van der Waals surface area contributed by atoms with Gasteiger partial charge in [0.25, 0.3) is 0 Å². The quantitative estimate of drug-likeness (QED) is 0.565. The van der Waals surface area contributed by atoms with E-state index in [0.717, 1.165) is 24.3 Å². The Kier molecular flexibility index (Phi) is 7.50. The Balaban J connectivity index is 1.49. The van der Waals surface area contributed by atoms with Gasteiger partial charge in [0.2, 0.25) is 0 Å². The smallest absolute Gasteiger partial charge is 0.312 e. The van der Waals surface area contributed by atoms with Crippen molar-refractivity contribution in [3.05, 3.63) is 58.1 Å². The molecule has 1 N–H and O–H groups in total. The molecule has 162 valence electrons. The lowest BCUT2D eigenvalue weighted by molar-refractivity contribution is -0.162. The summed E-state index contributed by atoms with van der Waals surface area (Å²) >= 11 is 12.1. The molecule has 30 heavy (non-hydrogen) atoms. The maximum absolute atomic E-state index is 12.1. The van der Waals surface area contributed by atoms with E-state index in [1.807, 2.05) is 51.1 Å². The second-order valence-corrected chi connectivity index (χ2v) is 9.23. The first-order valence-corrected chi connectivity index (χ1v) is 10.7. The summed E-state index contributed by atoms with van der Waals surface area (Å²) in [5.74, 6) is 1.35. The fraction of sp³-hybridized carbons (Fsp3) is 0.435. The number of hydrogen-bond donors (Lipinski definition) is 1. The first kappa shape index (κ1) is 22.7. The van der Waals surface area contributed by atoms with Gasteiger partial charge in [-0.1, -0.05) is 29.3 Å². The van der Waals surface area contributed by atoms with Crippen molar-refractivity contribution in [2.45, 2.75) is 40.0 Å². The van der Waals surface area contributed by atoms with Gasteiger partial charge in [-0.15, -0.1) is 0 Å². The molecule has 2 atom stereocenters. The minimum absolute atomic E-state index is 0.110. The number of ether oxygens (including phenoxy) is 3. The van der Waals surface area contributed by atoms with Gasteiger partial charge >= 0.3 is 5.97 Å². The summed E-state index contributed by atoms with van der Waals surface area (Å²) in [6.07, 6.45) is 0.578. The Morgan fingerprint density at radius 3 is 2.37 bits per heavy atom. The molecule has 0 spiro atoms. The molecule has 1 aliphatic rings. The number of esters is 1. The van der Waals surface area contributed by atoms with Crippen molar-refractivity contribution in [3.63, 3.8) is 0 Å². The monoisotopic (exact) mass is 451 g/mol. The summed E-state index contributed by atoms with van der Waals surface area (Å²) in [7, 11) is 0. The topological polar surface area (TPSA) is 56.8 Å². The molecule has 0 aromatic heterocycles. The van der Waals surface area contributed by atoms with E-state index < -0.39 is 5.41 Å². The van der Waals surface area contributed by atoms with Crippen LogP contribution in [0.4, 0.5) is 0 Å². The first-order chi connectivity index (χ1) is 14.2. The Bertz CT molecular complexity index is 864. The summed E-state index contributed by atoms with van der Waals surface area (Å²) in [4.78, 5) is 12.1. The van der Waals surface area contributed by atoms with Crippen molar-refractivity contribution in [3.8, 4) is 11.5 Å². The van der Waals surface area contributed by atoms with Gasteiger partial charge in [0, 0.05) is 21.5 Å². The molecular formula is C23H27Cl2NO4. The molecular weight excluding hydrogens is 425 g/mol. The van der Waals surface area contributed by atoms with Crippen LogP contribution in [0.15, 0.2) is 42.5 Å². The second-order valence-electron chi connectivity index (χ2n) is 8.39. The second kappa shape index (κ2) is 9.90. The Morgan fingerprint density at radius 2 is 1.73 bits per heavy atom. The molecule has 3 rings (SSSR count). The molecule has 0 radical (unpaired) electrons. The standard InChI is InChI=1S/C23H27Cl2NO4/c1-23(2,3)22(27)30-21-16(10-11-26-21)14-29-19-8-6-18(7-9-19)28-13-15-4-5-17(24)12-20(15)25/h4-9,12,16,21,26H,10-11,13-14H2,1-3H3/t16-,21?/m1/s1. The van der Waals surface area contributed by atoms with Crippen molar-refractivity contribution >= 4 is 29.2 Å². The minimum atomic E-state index is -0.526. The summed E-state index contributed by atoms with van der Waals surface area (Å²) in [6, 6.07) is 12.7. The molecule has 1 unspecified atom stereocenters. The molecule has 7 heteroatoms. The average molecular weight is 452 g/mol. The van der Waals surface area contributed by atoms with Gasteiger partial charge in [-0.3, -0.25) is 10.1 Å². The van der Waals surface area contributed by atoms with Gasteiger partial charge in [0.1, 0.15) is 18.1 Å². The van der Waals surface area contributed by atoms with Crippen molar-refractivity contribution in [1.29, 1.82) is 0 Å². The van der Waals surface area contributed by atoms with Crippen LogP contribution in [0.1, 0.15) is 32.8 Å². The number of nitrogens with one attached hydrogen (secondary N) is 1. The maximum atomic E-state index is 12.1. The van der Waals surface area contributed by atoms with E-state index in [2.05, 4.69) is 5.32 Å². The van der Waals surface area contributed by atoms with Crippen LogP contribution < -0.4 is 14.8 Å². The van der Waals surface area contributed by atoms with Crippen molar-refractivity contribution < 1.29 is 19.0 Å². The first-order valence-electron chi connectivity index (χ1n) is 9.96. The maximum Gasteiger partial charge on any atom is 0.312 e. The highest BCUT2D eigenvalue weighted by Crippen LogP contribution is 2.26. The fourth-order valence-corrected chi connectivity index (χ4v) is 3.43. The number of carbonyl (C=O) groups is 1. The number of rotatable bonds is 7. The molecule has 1 fully saturated rings. The van der Waals surface area contributed by atoms with Crippen LogP contribution in [0.2, 0.25) is 10.0 Å². The number of halogens is 2. The van der Waals surface area contributed by atoms with Crippen LogP contribution in [0, 0.1) is 11.3 Å². The average Bonchev–Trinajstić information content (AvgIpc) is 3.13. The number of benzene rings is 2. The normalized spacial score (nSPS) is 18.8. The summed E-state index contributed by atoms with van der Waals surface area (Å²) < 4.78 is 17.3. The molecule has 1 saturated heterocycles. The molecule has 2 aromatic carbocycles. The van der Waals surface area contributed by atoms with Crippen LogP contribution in [0.25, 0.3) is 0 Å². The predicted octanol–water partition coefficient (Wildman–Crippen LogP) is 5.48. The lowest BCUT2D eigenvalue weighted by atomic mass is 9.97. The van der Waals surface area contributed by atoms with Crippen LogP contribution in [0.5, 0.6) is 11.5 Å². The van der Waals surface area contributed by atoms with Crippen LogP contribution >= 0.6 is 23.2 Å². The SMILES string of the molecule is CC(C)(C)C(=O)OC1NCC[C@@H]1COc1ccc(OCc2ccc(Cl)cc2Cl)cc1. The van der Waals surface area contributed by atoms with Gasteiger partial charge in [-0.2, -0.15) is 0 Å². The number of hydrogen-bond acceptors (Lipinski definition) is 5. The van der Waals surface area contributed by atoms with E-state index in [1.54, 1.807) is 12.1 Å². The zero-order valence-corrected chi connectivity index (χ0v) is 18.9. The molecule has 0 bridgehead atoms. The Morgan fingerprint density at radius 1 is 1.07 bits per heavy atom. The molecule has 1 aliphatic heterocycles. The molecule has 2 aromatic rings. The third kappa shape index (κ3) is 6.27. The number of carbonyl (C=O) groups excluding carboxylic acids is 1. The van der Waals surface area contributed by atoms with E-state index in [9.17, 15) is 4.79 Å². The van der Waals surface area contributed by atoms with Gasteiger partial charge in [0.15, 0.2) is 6.23 Å². The van der Waals surface area contributed by atoms with Crippen LogP contribution in [0.3, 0.4) is 0 Å². The highest BCUT2D eigenvalue weighted by Gasteiger charge is 2.34. The van der Waals surface area contributed by atoms with Gasteiger partial charge in [0.05, 0.1) is 12.0 Å². The van der Waals surface area contributed by atoms with Crippen molar-refractivity contribution in [2.75, 3.05) is 13.2 Å². The van der Waals surface area contributed by atoms with Crippen LogP contribution in [-0.4, -0.2) is 25.3 Å². The summed E-state index contributed by atoms with van der Waals surface area (Å²) in [6.45, 7) is 7.16. The lowest BCUT2D eigenvalue weighted by Gasteiger charge is -2.24. The molecule has 1 heterocycles. The fourth-order valence-electron chi connectivity index (χ4n) is 2.96. The van der Waals surface area contributed by atoms with Crippen molar-refractivity contribution in [2.24, 2.45) is 11.3 Å². The van der Waals surface area contributed by atoms with Gasteiger partial charge in [-0.25, -0.2) is 0 Å². The van der Waals surface area contributed by atoms with Gasteiger partial charge in [-0.05, 0) is 70.1 Å². The predicted molar refractivity (Wildman–Crippen MR) is 118 cm³/mol. The zero-order chi connectivity index (χ0) is 21.7. The largest absolute Gasteiger partial charge is 0.493 e. The lowest BCUT2D eigenvalue weighted by Crippen LogP contribution is -2.38. The van der Waals surface area contributed by atoms with E-state index in [4.69, 9.17) is 37.4 Å². The third-order valence-electron chi connectivity index (χ3n) is 4.83. The van der Waals surface area contributed by atoms with E-state index in [1.165, 1.54) is 0 Å². The Hall–Kier alpha value is -1.95. The van der Waals surface area contributed by atoms with Gasteiger partial charge < -0.3 is 14.2 Å². The van der Waals surface area contributed by atoms with E-state index in [0.29, 0.717) is 29.0 Å². The summed E-state index contributed by atoms with van der Waals surface area (Å²) in [5, 5.41) is 4.41. The molecule has 0 amide bonds. The summed E-state index contributed by atoms with van der Waals surface area (Å²) in [5.41, 5.74) is 0.341. The zero-order valence-electron chi connectivity index (χ0n) is 17.4. The molecule has 0 aliphatic carbocycles. The minimum Gasteiger partial charge on any atom is -0.493 e. The molecule has 0 saturated carbocycles. The van der Waals surface area contributed by atoms with E-state index >= 15 is 0 Å². The highest BCUT2D eigenvalue weighted by atomic mass is 35.5. The molecule has 5 nitrogen and oxygen atoms in total. The van der Waals surface area contributed by atoms with E-state index in [-0.39, 0.29) is 18.1 Å².